The Balaban J connectivity index is 2.56. The number of hydrogen-bond donors (Lipinski definition) is 0. The molecular weight excluding hydrogens is 154 g/mol. The van der Waals surface area contributed by atoms with Gasteiger partial charge in [0, 0.05) is 0 Å². The molecule has 1 heterocycles. The van der Waals surface area contributed by atoms with Gasteiger partial charge in [0.05, 0.1) is 0 Å². The van der Waals surface area contributed by atoms with Crippen LogP contribution in [0.25, 0.3) is 0 Å². The summed E-state index contributed by atoms with van der Waals surface area (Å²) in [6.07, 6.45) is 1.46. The molecule has 1 saturated heterocycles. The molecule has 0 bridgehead atoms. The topological polar surface area (TPSA) is 14.1 Å². The molecule has 0 N–H and O–H groups in total. The smallest absolute Gasteiger partial charge is 0.129 e. The van der Waals surface area contributed by atoms with Gasteiger partial charge in [-0.3, -0.25) is 4.65 Å². The van der Waals surface area contributed by atoms with E-state index in [1.165, 1.54) is 18.5 Å². The Labute approximate surface area is 66.4 Å². The Morgan fingerprint density at radius 2 is 1.30 bits per heavy atom. The lowest BCUT2D eigenvalue weighted by molar-refractivity contribution is 0.931. The molecular formula is C7H18NSi2. The van der Waals surface area contributed by atoms with Crippen molar-refractivity contribution in [2.45, 2.75) is 44.7 Å². The molecule has 0 aromatic carbocycles. The van der Waals surface area contributed by atoms with Gasteiger partial charge in [0.15, 0.2) is 0 Å². The Bertz CT molecular complexity index is 118. The molecule has 0 spiro atoms. The molecule has 1 fully saturated rings. The Hall–Kier alpha value is 0.394. The van der Waals surface area contributed by atoms with Crippen LogP contribution < -0.4 is 4.65 Å². The zero-order valence-electron chi connectivity index (χ0n) is 7.57. The molecule has 0 aliphatic carbocycles. The molecule has 0 amide bonds. The third-order valence-electron chi connectivity index (χ3n) is 2.18. The Morgan fingerprint density at radius 3 is 1.50 bits per heavy atom. The summed E-state index contributed by atoms with van der Waals surface area (Å²) in [6.45, 7) is 9.61. The molecule has 3 heteroatoms. The minimum absolute atomic E-state index is 1.04. The third kappa shape index (κ3) is 2.21. The van der Waals surface area contributed by atoms with Gasteiger partial charge in [0.25, 0.3) is 0 Å². The molecule has 1 aliphatic heterocycles. The first-order chi connectivity index (χ1) is 4.41. The van der Waals surface area contributed by atoms with Crippen LogP contribution in [-0.2, 0) is 0 Å². The highest BCUT2D eigenvalue weighted by molar-refractivity contribution is 6.92. The van der Waals surface area contributed by atoms with Gasteiger partial charge < -0.3 is 0 Å². The summed E-state index contributed by atoms with van der Waals surface area (Å²) in [5, 5.41) is 0. The van der Waals surface area contributed by atoms with Crippen LogP contribution in [0.2, 0.25) is 38.3 Å². The first kappa shape index (κ1) is 8.49. The molecule has 0 unspecified atom stereocenters. The first-order valence-electron chi connectivity index (χ1n) is 4.15. The third-order valence-corrected chi connectivity index (χ3v) is 10.2. The van der Waals surface area contributed by atoms with E-state index >= 15 is 0 Å². The van der Waals surface area contributed by atoms with E-state index in [-0.39, 0.29) is 0 Å². The van der Waals surface area contributed by atoms with Crippen molar-refractivity contribution in [3.05, 3.63) is 0 Å². The van der Waals surface area contributed by atoms with Crippen LogP contribution in [0, 0.1) is 0 Å². The quantitative estimate of drug-likeness (QED) is 0.498. The molecule has 0 aromatic heterocycles. The number of hydrogen-bond acceptors (Lipinski definition) is 0. The minimum atomic E-state index is -1.04. The van der Waals surface area contributed by atoms with Crippen molar-refractivity contribution in [2.24, 2.45) is 0 Å². The fourth-order valence-electron chi connectivity index (χ4n) is 1.88. The van der Waals surface area contributed by atoms with Crippen LogP contribution in [0.4, 0.5) is 0 Å². The summed E-state index contributed by atoms with van der Waals surface area (Å²) < 4.78 is 5.02. The second kappa shape index (κ2) is 2.46. The number of nitrogens with zero attached hydrogens (tertiary/aromatic N) is 1. The van der Waals surface area contributed by atoms with E-state index in [9.17, 15) is 0 Å². The maximum absolute atomic E-state index is 5.02. The van der Waals surface area contributed by atoms with Gasteiger partial charge in [-0.15, -0.1) is 0 Å². The van der Waals surface area contributed by atoms with Gasteiger partial charge in [-0.1, -0.05) is 32.6 Å². The van der Waals surface area contributed by atoms with Crippen molar-refractivity contribution in [1.29, 1.82) is 0 Å². The van der Waals surface area contributed by atoms with Crippen molar-refractivity contribution in [3.8, 4) is 0 Å². The monoisotopic (exact) mass is 172 g/mol. The second-order valence-electron chi connectivity index (χ2n) is 4.59. The van der Waals surface area contributed by atoms with E-state index in [0.717, 1.165) is 0 Å². The van der Waals surface area contributed by atoms with E-state index in [1.54, 1.807) is 0 Å². The molecule has 1 radical (unpaired) electrons. The molecule has 10 heavy (non-hydrogen) atoms. The molecule has 1 rings (SSSR count). The summed E-state index contributed by atoms with van der Waals surface area (Å²) in [7, 11) is -2.08. The average molecular weight is 172 g/mol. The van der Waals surface area contributed by atoms with Gasteiger partial charge in [0.1, 0.15) is 16.5 Å². The molecule has 0 atom stereocenters. The fraction of sp³-hybridized carbons (Fsp3) is 1.00. The van der Waals surface area contributed by atoms with Crippen LogP contribution in [0.3, 0.4) is 0 Å². The lowest BCUT2D eigenvalue weighted by atomic mass is 10.6. The molecule has 1 aliphatic rings. The second-order valence-corrected chi connectivity index (χ2v) is 13.7. The van der Waals surface area contributed by atoms with Crippen LogP contribution in [-0.4, -0.2) is 16.5 Å². The van der Waals surface area contributed by atoms with Crippen LogP contribution in [0.1, 0.15) is 6.42 Å². The van der Waals surface area contributed by atoms with E-state index in [1.807, 2.05) is 0 Å². The van der Waals surface area contributed by atoms with E-state index in [2.05, 4.69) is 26.2 Å². The van der Waals surface area contributed by atoms with Crippen molar-refractivity contribution < 1.29 is 0 Å². The number of rotatable bonds is 0. The van der Waals surface area contributed by atoms with E-state index in [0.29, 0.717) is 0 Å². The van der Waals surface area contributed by atoms with E-state index < -0.39 is 16.5 Å². The van der Waals surface area contributed by atoms with Gasteiger partial charge in [-0.2, -0.15) is 0 Å². The largest absolute Gasteiger partial charge is 0.295 e. The van der Waals surface area contributed by atoms with Gasteiger partial charge >= 0.3 is 0 Å². The Morgan fingerprint density at radius 1 is 0.900 bits per heavy atom. The predicted molar refractivity (Wildman–Crippen MR) is 51.3 cm³/mol. The highest BCUT2D eigenvalue weighted by Gasteiger charge is 2.36. The summed E-state index contributed by atoms with van der Waals surface area (Å²) in [5.41, 5.74) is 0. The maximum atomic E-state index is 5.02. The van der Waals surface area contributed by atoms with Gasteiger partial charge in [0.2, 0.25) is 0 Å². The highest BCUT2D eigenvalue weighted by atomic mass is 28.4. The summed E-state index contributed by atoms with van der Waals surface area (Å²) in [6, 6.07) is 2.87. The van der Waals surface area contributed by atoms with Gasteiger partial charge in [-0.05, 0) is 12.1 Å². The van der Waals surface area contributed by atoms with E-state index in [4.69, 9.17) is 4.65 Å². The van der Waals surface area contributed by atoms with Crippen LogP contribution in [0.5, 0.6) is 0 Å². The molecule has 1 nitrogen and oxygen atoms in total. The summed E-state index contributed by atoms with van der Waals surface area (Å²) in [5.74, 6) is 0. The molecule has 59 valence electrons. The minimum Gasteiger partial charge on any atom is -0.295 e. The summed E-state index contributed by atoms with van der Waals surface area (Å²) in [4.78, 5) is 0. The zero-order chi connectivity index (χ0) is 7.83. The maximum Gasteiger partial charge on any atom is 0.129 e. The lowest BCUT2D eigenvalue weighted by Crippen LogP contribution is -2.56. The normalized spacial score (nSPS) is 30.0. The van der Waals surface area contributed by atoms with Crippen LogP contribution >= 0.6 is 0 Å². The first-order valence-corrected chi connectivity index (χ1v) is 10.5. The lowest BCUT2D eigenvalue weighted by Gasteiger charge is -2.37. The highest BCUT2D eigenvalue weighted by Crippen LogP contribution is 2.26. The van der Waals surface area contributed by atoms with Crippen molar-refractivity contribution >= 4 is 16.5 Å². The standard InChI is InChI=1S/C7H18NSi2/c1-9(2)6-5-7-10(3,4)8-9/h5-7H2,1-4H3. The van der Waals surface area contributed by atoms with Crippen molar-refractivity contribution in [3.63, 3.8) is 0 Å². The Kier molecular flexibility index (Phi) is 2.09. The van der Waals surface area contributed by atoms with Gasteiger partial charge in [-0.25, -0.2) is 0 Å². The van der Waals surface area contributed by atoms with Crippen LogP contribution in [0.15, 0.2) is 0 Å². The zero-order valence-corrected chi connectivity index (χ0v) is 9.57. The SMILES string of the molecule is C[Si]1(C)CCC[Si](C)(C)[N]1. The average Bonchev–Trinajstić information content (AvgIpc) is 1.56. The fourth-order valence-corrected chi connectivity index (χ4v) is 11.8. The van der Waals surface area contributed by atoms with Crippen molar-refractivity contribution in [1.82, 2.24) is 4.65 Å². The predicted octanol–water partition coefficient (Wildman–Crippen LogP) is 2.40. The summed E-state index contributed by atoms with van der Waals surface area (Å²) >= 11 is 0. The molecule has 0 aromatic rings. The molecule has 0 saturated carbocycles. The van der Waals surface area contributed by atoms with Crippen molar-refractivity contribution in [2.75, 3.05) is 0 Å².